The molecule has 2 aliphatic rings. The predicted octanol–water partition coefficient (Wildman–Crippen LogP) is 4.40. The highest BCUT2D eigenvalue weighted by molar-refractivity contribution is 5.91. The molecule has 266 valence electrons. The van der Waals surface area contributed by atoms with Crippen LogP contribution in [0.5, 0.6) is 5.75 Å². The Morgan fingerprint density at radius 1 is 1.06 bits per heavy atom. The summed E-state index contributed by atoms with van der Waals surface area (Å²) < 4.78 is 50.8. The molecular weight excluding hydrogens is 666 g/mol. The highest BCUT2D eigenvalue weighted by Gasteiger charge is 2.37. The van der Waals surface area contributed by atoms with Gasteiger partial charge in [0.25, 0.3) is 0 Å². The summed E-state index contributed by atoms with van der Waals surface area (Å²) in [6.07, 6.45) is -0.00413. The number of hydrogen-bond donors (Lipinski definition) is 0. The number of anilines is 1. The number of amides is 1. The maximum Gasteiger partial charge on any atom is 0.355 e. The highest BCUT2D eigenvalue weighted by Crippen LogP contribution is 2.40. The third-order valence-corrected chi connectivity index (χ3v) is 8.81. The molecule has 6 rings (SSSR count). The van der Waals surface area contributed by atoms with Crippen LogP contribution in [0.15, 0.2) is 54.0 Å². The topological polar surface area (TPSA) is 146 Å². The molecule has 0 spiro atoms. The van der Waals surface area contributed by atoms with Crippen LogP contribution in [0.4, 0.5) is 14.6 Å². The summed E-state index contributed by atoms with van der Waals surface area (Å²) in [5, 5.41) is 0.104. The van der Waals surface area contributed by atoms with E-state index in [1.807, 2.05) is 20.8 Å². The summed E-state index contributed by atoms with van der Waals surface area (Å²) >= 11 is 0. The number of carbonyl (C=O) groups excluding carboxylic acids is 3. The van der Waals surface area contributed by atoms with Crippen molar-refractivity contribution in [2.24, 2.45) is 0 Å². The Morgan fingerprint density at radius 2 is 1.80 bits per heavy atom. The monoisotopic (exact) mass is 702 g/mol. The number of esters is 2. The average Bonchev–Trinajstić information content (AvgIpc) is 3.07. The number of hydrogen-bond acceptors (Lipinski definition) is 11. The molecule has 3 aromatic heterocycles. The summed E-state index contributed by atoms with van der Waals surface area (Å²) in [5.41, 5.74) is -1.08. The second-order valence-corrected chi connectivity index (χ2v) is 12.7. The minimum Gasteiger partial charge on any atom is -0.489 e. The summed E-state index contributed by atoms with van der Waals surface area (Å²) in [4.78, 5) is 69.1. The van der Waals surface area contributed by atoms with E-state index in [2.05, 4.69) is 21.5 Å². The standard InChI is InChI=1S/C36H36F2N6O7/c1-7-28(47)42-13-14-43(19(4)16-42)34-23-15-25(38)31-29-24(37)9-8-10-26(29)49-17-27(50-20(5)45)33(51-21(6)46)22-11-12-39-30(18(2)3)32(22)44(35(23)40-31)36(48)41-34/h7-12,15,18-19,27,33H,1,13-14,16-17H2,2-6H3/t19-,27?,33?/m0/s1. The van der Waals surface area contributed by atoms with Crippen LogP contribution in [0.25, 0.3) is 28.0 Å². The lowest BCUT2D eigenvalue weighted by Crippen LogP contribution is -2.54. The van der Waals surface area contributed by atoms with Gasteiger partial charge in [0.15, 0.2) is 23.7 Å². The van der Waals surface area contributed by atoms with E-state index in [1.54, 1.807) is 9.80 Å². The first-order valence-corrected chi connectivity index (χ1v) is 16.4. The Kier molecular flexibility index (Phi) is 9.56. The van der Waals surface area contributed by atoms with Crippen molar-refractivity contribution in [1.82, 2.24) is 24.4 Å². The van der Waals surface area contributed by atoms with E-state index in [4.69, 9.17) is 14.2 Å². The number of benzene rings is 1. The SMILES string of the molecule is C=CC(=O)N1CCN(c2nc(=O)n3c4nc(c(F)cc24)-c2c(F)cccc2OCC(OC(C)=O)C(OC(C)=O)c2ccnc(C(C)C)c2-3)[C@@H](C)C1. The fourth-order valence-electron chi connectivity index (χ4n) is 6.63. The van der Waals surface area contributed by atoms with E-state index in [9.17, 15) is 19.2 Å². The van der Waals surface area contributed by atoms with Crippen LogP contribution in [-0.4, -0.2) is 80.7 Å². The van der Waals surface area contributed by atoms with E-state index in [1.165, 1.54) is 37.4 Å². The zero-order valence-corrected chi connectivity index (χ0v) is 28.7. The first-order chi connectivity index (χ1) is 24.3. The quantitative estimate of drug-likeness (QED) is 0.216. The number of piperazine rings is 1. The molecular formula is C36H36F2N6O7. The maximum absolute atomic E-state index is 16.4. The van der Waals surface area contributed by atoms with Crippen molar-refractivity contribution < 1.29 is 37.4 Å². The number of carbonyl (C=O) groups is 3. The molecule has 1 amide bonds. The van der Waals surface area contributed by atoms with Crippen molar-refractivity contribution in [3.63, 3.8) is 0 Å². The van der Waals surface area contributed by atoms with Crippen LogP contribution in [0, 0.1) is 11.6 Å². The van der Waals surface area contributed by atoms with E-state index in [0.29, 0.717) is 5.69 Å². The summed E-state index contributed by atoms with van der Waals surface area (Å²) in [6.45, 7) is 11.7. The number of pyridine rings is 2. The van der Waals surface area contributed by atoms with Gasteiger partial charge in [-0.25, -0.2) is 23.1 Å². The smallest absolute Gasteiger partial charge is 0.355 e. The number of halogens is 2. The molecule has 2 unspecified atom stereocenters. The van der Waals surface area contributed by atoms with Gasteiger partial charge in [-0.05, 0) is 43.2 Å². The van der Waals surface area contributed by atoms with Crippen LogP contribution in [0.1, 0.15) is 57.9 Å². The van der Waals surface area contributed by atoms with Gasteiger partial charge in [0.05, 0.1) is 22.3 Å². The van der Waals surface area contributed by atoms with E-state index in [-0.39, 0.29) is 76.9 Å². The van der Waals surface area contributed by atoms with Crippen LogP contribution < -0.4 is 15.3 Å². The van der Waals surface area contributed by atoms with Gasteiger partial charge in [-0.15, -0.1) is 0 Å². The van der Waals surface area contributed by atoms with Crippen molar-refractivity contribution in [3.8, 4) is 22.7 Å². The van der Waals surface area contributed by atoms with E-state index >= 15 is 8.78 Å². The van der Waals surface area contributed by atoms with Crippen molar-refractivity contribution in [2.75, 3.05) is 31.1 Å². The van der Waals surface area contributed by atoms with Crippen molar-refractivity contribution in [1.29, 1.82) is 0 Å². The van der Waals surface area contributed by atoms with Gasteiger partial charge in [-0.1, -0.05) is 26.5 Å². The number of rotatable bonds is 5. The fourth-order valence-corrected chi connectivity index (χ4v) is 6.63. The molecule has 4 aromatic rings. The molecule has 15 heteroatoms. The minimum atomic E-state index is -1.37. The van der Waals surface area contributed by atoms with Gasteiger partial charge in [0.2, 0.25) is 5.91 Å². The van der Waals surface area contributed by atoms with Gasteiger partial charge in [-0.2, -0.15) is 4.98 Å². The van der Waals surface area contributed by atoms with Crippen LogP contribution in [0.3, 0.4) is 0 Å². The average molecular weight is 703 g/mol. The van der Waals surface area contributed by atoms with Crippen LogP contribution in [-0.2, 0) is 23.9 Å². The zero-order valence-electron chi connectivity index (χ0n) is 28.7. The summed E-state index contributed by atoms with van der Waals surface area (Å²) in [7, 11) is 0. The van der Waals surface area contributed by atoms with Gasteiger partial charge in [0, 0.05) is 51.3 Å². The van der Waals surface area contributed by atoms with E-state index in [0.717, 1.165) is 23.6 Å². The third-order valence-electron chi connectivity index (χ3n) is 8.81. The molecule has 51 heavy (non-hydrogen) atoms. The van der Waals surface area contributed by atoms with E-state index < -0.39 is 53.8 Å². The molecule has 0 N–H and O–H groups in total. The molecule has 0 saturated carbocycles. The maximum atomic E-state index is 16.4. The van der Waals surface area contributed by atoms with Crippen molar-refractivity contribution in [2.45, 2.75) is 58.8 Å². The fraction of sp³-hybridized carbons (Fsp3) is 0.361. The molecule has 1 saturated heterocycles. The van der Waals surface area contributed by atoms with Crippen molar-refractivity contribution >= 4 is 34.7 Å². The van der Waals surface area contributed by atoms with Gasteiger partial charge in [0.1, 0.15) is 29.7 Å². The number of ether oxygens (including phenoxy) is 3. The molecule has 3 atom stereocenters. The molecule has 5 heterocycles. The molecule has 1 aromatic carbocycles. The van der Waals surface area contributed by atoms with Crippen LogP contribution >= 0.6 is 0 Å². The van der Waals surface area contributed by atoms with Crippen LogP contribution in [0.2, 0.25) is 0 Å². The van der Waals surface area contributed by atoms with Gasteiger partial charge >= 0.3 is 17.6 Å². The molecule has 2 bridgehead atoms. The largest absolute Gasteiger partial charge is 0.489 e. The first-order valence-electron chi connectivity index (χ1n) is 16.4. The Balaban J connectivity index is 1.74. The Morgan fingerprint density at radius 3 is 2.47 bits per heavy atom. The summed E-state index contributed by atoms with van der Waals surface area (Å²) in [6, 6.07) is 6.15. The minimum absolute atomic E-state index is 0.102. The normalized spacial score (nSPS) is 18.6. The molecule has 13 nitrogen and oxygen atoms in total. The second-order valence-electron chi connectivity index (χ2n) is 12.7. The summed E-state index contributed by atoms with van der Waals surface area (Å²) in [5.74, 6) is -3.91. The molecule has 2 aliphatic heterocycles. The second kappa shape index (κ2) is 13.9. The lowest BCUT2D eigenvalue weighted by molar-refractivity contribution is -0.168. The molecule has 0 aliphatic carbocycles. The number of fused-ring (bicyclic) bond motifs is 5. The Labute approximate surface area is 291 Å². The van der Waals surface area contributed by atoms with Crippen molar-refractivity contribution in [3.05, 3.63) is 82.6 Å². The molecule has 0 radical (unpaired) electrons. The lowest BCUT2D eigenvalue weighted by atomic mass is 9.97. The predicted molar refractivity (Wildman–Crippen MR) is 182 cm³/mol. The zero-order chi connectivity index (χ0) is 36.7. The lowest BCUT2D eigenvalue weighted by Gasteiger charge is -2.40. The number of aromatic nitrogens is 4. The third kappa shape index (κ3) is 6.51. The van der Waals surface area contributed by atoms with Gasteiger partial charge < -0.3 is 24.0 Å². The highest BCUT2D eigenvalue weighted by atomic mass is 19.1. The Bertz CT molecular complexity index is 2140. The first kappa shape index (κ1) is 35.1. The number of nitrogens with zero attached hydrogens (tertiary/aromatic N) is 6. The van der Waals surface area contributed by atoms with Gasteiger partial charge in [-0.3, -0.25) is 19.4 Å². The molecule has 1 fully saturated rings. The Hall–Kier alpha value is -5.73.